The second-order valence-electron chi connectivity index (χ2n) is 4.13. The maximum Gasteiger partial charge on any atom is 0.318 e. The minimum Gasteiger partial charge on any atom is -0.480 e. The van der Waals surface area contributed by atoms with E-state index in [2.05, 4.69) is 0 Å². The van der Waals surface area contributed by atoms with Crippen molar-refractivity contribution in [2.75, 3.05) is 0 Å². The van der Waals surface area contributed by atoms with Gasteiger partial charge >= 0.3 is 5.97 Å². The van der Waals surface area contributed by atoms with E-state index in [1.165, 1.54) is 11.8 Å². The molecule has 2 rings (SSSR count). The Hall–Kier alpha value is -1.78. The third kappa shape index (κ3) is 3.59. The van der Waals surface area contributed by atoms with Gasteiger partial charge in [-0.3, -0.25) is 4.79 Å². The lowest BCUT2D eigenvalue weighted by Crippen LogP contribution is -2.30. The van der Waals surface area contributed by atoms with Crippen LogP contribution in [0.3, 0.4) is 0 Å². The van der Waals surface area contributed by atoms with Gasteiger partial charge in [0.05, 0.1) is 6.04 Å². The molecule has 0 aliphatic carbocycles. The molecule has 0 heterocycles. The van der Waals surface area contributed by atoms with Crippen LogP contribution < -0.4 is 5.73 Å². The van der Waals surface area contributed by atoms with Crippen molar-refractivity contribution in [3.8, 4) is 0 Å². The van der Waals surface area contributed by atoms with Gasteiger partial charge in [-0.15, -0.1) is 11.8 Å². The molecule has 4 heteroatoms. The van der Waals surface area contributed by atoms with Gasteiger partial charge in [0.25, 0.3) is 0 Å². The molecule has 0 aliphatic rings. The van der Waals surface area contributed by atoms with Gasteiger partial charge in [-0.2, -0.15) is 0 Å². The highest BCUT2D eigenvalue weighted by Gasteiger charge is 2.27. The molecule has 0 saturated carbocycles. The van der Waals surface area contributed by atoms with E-state index < -0.39 is 17.3 Å². The average Bonchev–Trinajstić information content (AvgIpc) is 2.46. The van der Waals surface area contributed by atoms with Gasteiger partial charge in [-0.1, -0.05) is 48.5 Å². The fourth-order valence-corrected chi connectivity index (χ4v) is 2.79. The molecule has 0 aromatic heterocycles. The molecule has 3 N–H and O–H groups in total. The predicted octanol–water partition coefficient (Wildman–Crippen LogP) is 2.93. The van der Waals surface area contributed by atoms with Crippen molar-refractivity contribution in [2.24, 2.45) is 5.73 Å². The topological polar surface area (TPSA) is 63.3 Å². The van der Waals surface area contributed by atoms with Gasteiger partial charge in [-0.25, -0.2) is 0 Å². The second kappa shape index (κ2) is 6.41. The van der Waals surface area contributed by atoms with E-state index in [-0.39, 0.29) is 0 Å². The number of aliphatic carboxylic acids is 1. The Kier molecular flexibility index (Phi) is 4.60. The van der Waals surface area contributed by atoms with E-state index in [9.17, 15) is 9.90 Å². The molecule has 0 saturated heterocycles. The Labute approximate surface area is 116 Å². The number of hydrogen-bond acceptors (Lipinski definition) is 3. The molecule has 0 fully saturated rings. The molecular weight excluding hydrogens is 258 g/mol. The number of carbonyl (C=O) groups is 1. The fraction of sp³-hybridized carbons (Fsp3) is 0.133. The Morgan fingerprint density at radius 2 is 1.53 bits per heavy atom. The van der Waals surface area contributed by atoms with E-state index in [0.29, 0.717) is 0 Å². The molecule has 0 amide bonds. The van der Waals surface area contributed by atoms with Crippen LogP contribution in [0.2, 0.25) is 0 Å². The SMILES string of the molecule is N[C@@H](c1ccccc1)[C@@H](Sc1ccccc1)C(=O)O. The third-order valence-corrected chi connectivity index (χ3v) is 4.05. The Morgan fingerprint density at radius 3 is 2.05 bits per heavy atom. The minimum absolute atomic E-state index is 0.538. The molecule has 19 heavy (non-hydrogen) atoms. The van der Waals surface area contributed by atoms with Crippen LogP contribution >= 0.6 is 11.8 Å². The number of carboxylic acids is 1. The summed E-state index contributed by atoms with van der Waals surface area (Å²) in [6, 6.07) is 18.2. The first-order valence-corrected chi connectivity index (χ1v) is 6.81. The fourth-order valence-electron chi connectivity index (χ4n) is 1.77. The third-order valence-electron chi connectivity index (χ3n) is 2.76. The van der Waals surface area contributed by atoms with Crippen molar-refractivity contribution in [3.05, 3.63) is 66.2 Å². The van der Waals surface area contributed by atoms with Gasteiger partial charge in [0.1, 0.15) is 5.25 Å². The number of benzene rings is 2. The molecule has 3 nitrogen and oxygen atoms in total. The zero-order valence-corrected chi connectivity index (χ0v) is 11.1. The van der Waals surface area contributed by atoms with E-state index >= 15 is 0 Å². The zero-order chi connectivity index (χ0) is 13.7. The predicted molar refractivity (Wildman–Crippen MR) is 77.1 cm³/mol. The lowest BCUT2D eigenvalue weighted by molar-refractivity contribution is -0.136. The smallest absolute Gasteiger partial charge is 0.318 e. The molecule has 2 aromatic rings. The molecule has 2 aromatic carbocycles. The molecule has 98 valence electrons. The van der Waals surface area contributed by atoms with Crippen LogP contribution in [0.25, 0.3) is 0 Å². The summed E-state index contributed by atoms with van der Waals surface area (Å²) in [7, 11) is 0. The summed E-state index contributed by atoms with van der Waals surface area (Å²) in [6.07, 6.45) is 0. The van der Waals surface area contributed by atoms with E-state index in [1.807, 2.05) is 60.7 Å². The normalized spacial score (nSPS) is 13.7. The highest BCUT2D eigenvalue weighted by Crippen LogP contribution is 2.30. The molecule has 0 aliphatic heterocycles. The molecular formula is C15H15NO2S. The Balaban J connectivity index is 2.19. The average molecular weight is 273 g/mol. The van der Waals surface area contributed by atoms with Gasteiger partial charge in [-0.05, 0) is 17.7 Å². The first-order chi connectivity index (χ1) is 9.18. The largest absolute Gasteiger partial charge is 0.480 e. The maximum atomic E-state index is 11.4. The van der Waals surface area contributed by atoms with E-state index in [1.54, 1.807) is 0 Å². The number of rotatable bonds is 5. The first-order valence-electron chi connectivity index (χ1n) is 5.93. The summed E-state index contributed by atoms with van der Waals surface area (Å²) in [4.78, 5) is 12.3. The van der Waals surface area contributed by atoms with Crippen LogP contribution in [-0.4, -0.2) is 16.3 Å². The van der Waals surface area contributed by atoms with Crippen LogP contribution in [0.15, 0.2) is 65.6 Å². The zero-order valence-electron chi connectivity index (χ0n) is 10.3. The highest BCUT2D eigenvalue weighted by atomic mass is 32.2. The van der Waals surface area contributed by atoms with Crippen molar-refractivity contribution in [3.63, 3.8) is 0 Å². The molecule has 0 unspecified atom stereocenters. The molecule has 2 atom stereocenters. The summed E-state index contributed by atoms with van der Waals surface area (Å²) in [5.74, 6) is -0.898. The molecule has 0 spiro atoms. The number of nitrogens with two attached hydrogens (primary N) is 1. The standard InChI is InChI=1S/C15H15NO2S/c16-13(11-7-3-1-4-8-11)14(15(17)18)19-12-9-5-2-6-10-12/h1-10,13-14H,16H2,(H,17,18)/t13-,14+/m0/s1. The second-order valence-corrected chi connectivity index (χ2v) is 5.34. The van der Waals surface area contributed by atoms with Crippen molar-refractivity contribution < 1.29 is 9.90 Å². The molecule has 0 radical (unpaired) electrons. The quantitative estimate of drug-likeness (QED) is 0.822. The van der Waals surface area contributed by atoms with Crippen LogP contribution in [0.1, 0.15) is 11.6 Å². The monoisotopic (exact) mass is 273 g/mol. The number of thioether (sulfide) groups is 1. The molecule has 0 bridgehead atoms. The highest BCUT2D eigenvalue weighted by molar-refractivity contribution is 8.00. The summed E-state index contributed by atoms with van der Waals surface area (Å²) < 4.78 is 0. The Morgan fingerprint density at radius 1 is 1.00 bits per heavy atom. The lowest BCUT2D eigenvalue weighted by atomic mass is 10.0. The van der Waals surface area contributed by atoms with Crippen molar-refractivity contribution in [2.45, 2.75) is 16.2 Å². The lowest BCUT2D eigenvalue weighted by Gasteiger charge is -2.20. The summed E-state index contributed by atoms with van der Waals surface area (Å²) in [6.45, 7) is 0. The summed E-state index contributed by atoms with van der Waals surface area (Å²) in [5, 5.41) is 8.66. The Bertz CT molecular complexity index is 530. The summed E-state index contributed by atoms with van der Waals surface area (Å²) >= 11 is 1.28. The minimum atomic E-state index is -0.898. The van der Waals surface area contributed by atoms with Crippen molar-refractivity contribution in [1.82, 2.24) is 0 Å². The van der Waals surface area contributed by atoms with Gasteiger partial charge in [0, 0.05) is 4.90 Å². The van der Waals surface area contributed by atoms with Gasteiger partial charge < -0.3 is 10.8 Å². The van der Waals surface area contributed by atoms with Crippen LogP contribution in [-0.2, 0) is 4.79 Å². The van der Waals surface area contributed by atoms with E-state index in [4.69, 9.17) is 5.73 Å². The number of carboxylic acid groups (broad SMARTS) is 1. The van der Waals surface area contributed by atoms with Crippen molar-refractivity contribution >= 4 is 17.7 Å². The number of hydrogen-bond donors (Lipinski definition) is 2. The van der Waals surface area contributed by atoms with Gasteiger partial charge in [0.2, 0.25) is 0 Å². The van der Waals surface area contributed by atoms with Gasteiger partial charge in [0.15, 0.2) is 0 Å². The maximum absolute atomic E-state index is 11.4. The summed E-state index contributed by atoms with van der Waals surface area (Å²) in [5.41, 5.74) is 6.92. The van der Waals surface area contributed by atoms with E-state index in [0.717, 1.165) is 10.5 Å². The van der Waals surface area contributed by atoms with Crippen molar-refractivity contribution in [1.29, 1.82) is 0 Å². The van der Waals surface area contributed by atoms with Crippen LogP contribution in [0.5, 0.6) is 0 Å². The first kappa shape index (κ1) is 13.6. The van der Waals surface area contributed by atoms with Crippen LogP contribution in [0.4, 0.5) is 0 Å². The van der Waals surface area contributed by atoms with Crippen LogP contribution in [0, 0.1) is 0 Å².